The number of imidazole rings is 1. The van der Waals surface area contributed by atoms with Crippen LogP contribution in [-0.2, 0) is 28.9 Å². The van der Waals surface area contributed by atoms with Gasteiger partial charge in [-0.05, 0) is 99.1 Å². The molecule has 0 radical (unpaired) electrons. The van der Waals surface area contributed by atoms with Crippen molar-refractivity contribution in [3.63, 3.8) is 0 Å². The second kappa shape index (κ2) is 15.4. The Morgan fingerprint density at radius 3 is 2.54 bits per heavy atom. The molecule has 3 aromatic rings. The van der Waals surface area contributed by atoms with E-state index in [1.807, 2.05) is 41.4 Å². The monoisotopic (exact) mass is 646 g/mol. The molecule has 2 aliphatic carbocycles. The molecule has 7 rings (SSSR count). The summed E-state index contributed by atoms with van der Waals surface area (Å²) >= 11 is 6.32. The smallest absolute Gasteiger partial charge is 0.410 e. The van der Waals surface area contributed by atoms with Gasteiger partial charge in [-0.1, -0.05) is 30.2 Å². The summed E-state index contributed by atoms with van der Waals surface area (Å²) < 4.78 is 7.92. The third kappa shape index (κ3) is 8.10. The molecule has 0 bridgehead atoms. The Labute approximate surface area is 277 Å². The molecule has 0 N–H and O–H groups in total. The Bertz CT molecular complexity index is 1470. The first-order valence-electron chi connectivity index (χ1n) is 17.1. The van der Waals surface area contributed by atoms with Crippen molar-refractivity contribution < 1.29 is 14.3 Å². The summed E-state index contributed by atoms with van der Waals surface area (Å²) in [5, 5.41) is 0.784. The van der Waals surface area contributed by atoms with Crippen LogP contribution in [0.4, 0.5) is 4.79 Å². The Morgan fingerprint density at radius 1 is 0.978 bits per heavy atom. The van der Waals surface area contributed by atoms with Crippen molar-refractivity contribution >= 4 is 24.1 Å². The fourth-order valence-electron chi connectivity index (χ4n) is 7.53. The Morgan fingerprint density at radius 2 is 1.78 bits per heavy atom. The number of amides is 2. The molecule has 2 saturated heterocycles. The zero-order valence-corrected chi connectivity index (χ0v) is 27.8. The molecule has 0 unspecified atom stereocenters. The number of ether oxygens (including phenoxy) is 1. The number of piperazine rings is 1. The Balaban J connectivity index is 0.000000208. The fourth-order valence-corrected chi connectivity index (χ4v) is 7.72. The van der Waals surface area contributed by atoms with Gasteiger partial charge in [0.25, 0.3) is 0 Å². The summed E-state index contributed by atoms with van der Waals surface area (Å²) in [6.45, 7) is 7.77. The lowest BCUT2D eigenvalue weighted by Gasteiger charge is -2.39. The lowest BCUT2D eigenvalue weighted by Crippen LogP contribution is -2.50. The number of hydrogen-bond acceptors (Lipinski definition) is 6. The summed E-state index contributed by atoms with van der Waals surface area (Å²) in [6.07, 6.45) is 16.6. The minimum atomic E-state index is -0.141. The minimum absolute atomic E-state index is 0.0995. The van der Waals surface area contributed by atoms with Gasteiger partial charge < -0.3 is 19.1 Å². The number of benzene rings is 1. The quantitative estimate of drug-likeness (QED) is 0.313. The van der Waals surface area contributed by atoms with E-state index >= 15 is 0 Å². The first-order valence-corrected chi connectivity index (χ1v) is 17.4. The molecule has 2 aliphatic heterocycles. The van der Waals surface area contributed by atoms with Gasteiger partial charge in [0.05, 0.1) is 23.8 Å². The summed E-state index contributed by atoms with van der Waals surface area (Å²) in [6, 6.07) is 10.6. The van der Waals surface area contributed by atoms with Gasteiger partial charge in [0, 0.05) is 63.2 Å². The lowest BCUT2D eigenvalue weighted by atomic mass is 9.96. The number of carbonyl (C=O) groups is 2. The lowest BCUT2D eigenvalue weighted by molar-refractivity contribution is -0.119. The van der Waals surface area contributed by atoms with Crippen molar-refractivity contribution in [2.24, 2.45) is 5.92 Å². The molecule has 4 heterocycles. The van der Waals surface area contributed by atoms with E-state index in [1.165, 1.54) is 42.4 Å². The van der Waals surface area contributed by atoms with E-state index in [2.05, 4.69) is 38.8 Å². The average Bonchev–Trinajstić information content (AvgIpc) is 3.42. The molecule has 2 amide bonds. The topological polar surface area (TPSA) is 83.8 Å². The molecule has 2 atom stereocenters. The van der Waals surface area contributed by atoms with Crippen LogP contribution in [0.1, 0.15) is 79.1 Å². The predicted octanol–water partition coefficient (Wildman–Crippen LogP) is 6.07. The van der Waals surface area contributed by atoms with Crippen LogP contribution in [0.3, 0.4) is 0 Å². The first-order chi connectivity index (χ1) is 22.5. The third-order valence-electron chi connectivity index (χ3n) is 9.94. The van der Waals surface area contributed by atoms with Crippen LogP contribution in [0.5, 0.6) is 0 Å². The van der Waals surface area contributed by atoms with Crippen molar-refractivity contribution in [2.45, 2.75) is 83.4 Å². The van der Waals surface area contributed by atoms with Crippen LogP contribution < -0.4 is 0 Å². The maximum Gasteiger partial charge on any atom is 0.410 e. The van der Waals surface area contributed by atoms with E-state index in [0.29, 0.717) is 19.0 Å². The number of pyridine rings is 1. The number of nitrogens with zero attached hydrogens (tertiary/aromatic N) is 6. The molecular formula is C36H47ClN6O3. The van der Waals surface area contributed by atoms with Gasteiger partial charge in [0.1, 0.15) is 6.10 Å². The van der Waals surface area contributed by atoms with Crippen molar-refractivity contribution in [2.75, 3.05) is 39.3 Å². The molecular weight excluding hydrogens is 600 g/mol. The van der Waals surface area contributed by atoms with Crippen molar-refractivity contribution in [3.8, 4) is 0 Å². The van der Waals surface area contributed by atoms with E-state index in [-0.39, 0.29) is 18.2 Å². The molecule has 46 heavy (non-hydrogen) atoms. The number of halogens is 1. The van der Waals surface area contributed by atoms with Crippen LogP contribution in [-0.4, -0.2) is 87.1 Å². The standard InChI is InChI=1S/C25H30ClN3O2.C11H17N3O/c26-20-10-11-22-19(17-20)9-8-18-5-4-12-27-23(18)24(22)28-13-15-29(16-14-28)25(30)31-21-6-2-1-3-7-21;1-10-5-14(8-12-10)7-11-3-2-4-13(6-11)9-15/h4-5,10-12,17,21,24H,1-3,6-9,13-16H2;5,8-9,11H,2-4,6-7H2,1H3/t24-;11-/m01/s1. The molecule has 1 aromatic carbocycles. The number of piperidine rings is 1. The van der Waals surface area contributed by atoms with Gasteiger partial charge in [0.15, 0.2) is 0 Å². The second-order valence-electron chi connectivity index (χ2n) is 13.3. The van der Waals surface area contributed by atoms with Gasteiger partial charge in [-0.15, -0.1) is 0 Å². The highest BCUT2D eigenvalue weighted by molar-refractivity contribution is 6.30. The van der Waals surface area contributed by atoms with Crippen LogP contribution >= 0.6 is 11.6 Å². The van der Waals surface area contributed by atoms with Crippen LogP contribution in [0.25, 0.3) is 0 Å². The zero-order chi connectivity index (χ0) is 31.9. The average molecular weight is 647 g/mol. The number of fused-ring (bicyclic) bond motifs is 2. The minimum Gasteiger partial charge on any atom is -0.446 e. The number of aromatic nitrogens is 3. The van der Waals surface area contributed by atoms with Gasteiger partial charge >= 0.3 is 6.09 Å². The highest BCUT2D eigenvalue weighted by Gasteiger charge is 2.34. The number of hydrogen-bond donors (Lipinski definition) is 0. The predicted molar refractivity (Wildman–Crippen MR) is 179 cm³/mol. The number of carbonyl (C=O) groups excluding carboxylic acids is 2. The molecule has 2 aromatic heterocycles. The van der Waals surface area contributed by atoms with Gasteiger partial charge in [-0.25, -0.2) is 9.78 Å². The molecule has 3 fully saturated rings. The van der Waals surface area contributed by atoms with E-state index in [9.17, 15) is 9.59 Å². The zero-order valence-electron chi connectivity index (χ0n) is 27.0. The SMILES string of the molecule is Cc1cn(C[C@@H]2CCCN(C=O)C2)cn1.O=C(OC1CCCCC1)N1CCN([C@H]2c3ccc(Cl)cc3CCc3cccnc32)CC1. The Kier molecular flexibility index (Phi) is 10.9. The number of rotatable bonds is 5. The number of aryl methyl sites for hydroxylation is 3. The summed E-state index contributed by atoms with van der Waals surface area (Å²) in [5.41, 5.74) is 6.09. The molecule has 4 aliphatic rings. The van der Waals surface area contributed by atoms with Crippen LogP contribution in [0.2, 0.25) is 5.02 Å². The maximum atomic E-state index is 12.7. The largest absolute Gasteiger partial charge is 0.446 e. The highest BCUT2D eigenvalue weighted by atomic mass is 35.5. The fraction of sp³-hybridized carbons (Fsp3) is 0.556. The van der Waals surface area contributed by atoms with Crippen LogP contribution in [0.15, 0.2) is 49.1 Å². The highest BCUT2D eigenvalue weighted by Crippen LogP contribution is 2.37. The third-order valence-corrected chi connectivity index (χ3v) is 10.2. The molecule has 9 nitrogen and oxygen atoms in total. The molecule has 246 valence electrons. The van der Waals surface area contributed by atoms with E-state index in [1.54, 1.807) is 0 Å². The Hall–Kier alpha value is -3.43. The molecule has 0 spiro atoms. The molecule has 1 saturated carbocycles. The van der Waals surface area contributed by atoms with Crippen molar-refractivity contribution in [3.05, 3.63) is 82.2 Å². The van der Waals surface area contributed by atoms with Crippen LogP contribution in [0, 0.1) is 12.8 Å². The van der Waals surface area contributed by atoms with Crippen molar-refractivity contribution in [1.29, 1.82) is 0 Å². The van der Waals surface area contributed by atoms with Gasteiger partial charge in [0.2, 0.25) is 6.41 Å². The second-order valence-corrected chi connectivity index (χ2v) is 13.7. The van der Waals surface area contributed by atoms with Crippen molar-refractivity contribution in [1.82, 2.24) is 29.2 Å². The summed E-state index contributed by atoms with van der Waals surface area (Å²) in [4.78, 5) is 38.6. The van der Waals surface area contributed by atoms with E-state index < -0.39 is 0 Å². The number of likely N-dealkylation sites (tertiary alicyclic amines) is 1. The van der Waals surface area contributed by atoms with E-state index in [4.69, 9.17) is 21.3 Å². The van der Waals surface area contributed by atoms with E-state index in [0.717, 1.165) is 87.6 Å². The summed E-state index contributed by atoms with van der Waals surface area (Å²) in [5.74, 6) is 0.581. The summed E-state index contributed by atoms with van der Waals surface area (Å²) in [7, 11) is 0. The van der Waals surface area contributed by atoms with Gasteiger partial charge in [-0.3, -0.25) is 14.7 Å². The van der Waals surface area contributed by atoms with Gasteiger partial charge in [-0.2, -0.15) is 0 Å². The molecule has 10 heteroatoms. The normalized spacial score (nSPS) is 22.1. The maximum absolute atomic E-state index is 12.7. The first kappa shape index (κ1) is 32.5.